The molecule has 1 amide bonds. The smallest absolute Gasteiger partial charge is 0.221 e. The van der Waals surface area contributed by atoms with Gasteiger partial charge in [-0.05, 0) is 12.1 Å². The van der Waals surface area contributed by atoms with Crippen molar-refractivity contribution in [1.82, 2.24) is 0 Å². The van der Waals surface area contributed by atoms with Gasteiger partial charge in [-0.25, -0.2) is 4.39 Å². The number of amides is 1. The zero-order valence-electron chi connectivity index (χ0n) is 8.97. The Morgan fingerprint density at radius 3 is 2.47 bits per heavy atom. The van der Waals surface area contributed by atoms with Crippen LogP contribution in [0.25, 0.3) is 0 Å². The van der Waals surface area contributed by atoms with Gasteiger partial charge in [0.05, 0.1) is 5.69 Å². The Hall–Kier alpha value is -1.78. The van der Waals surface area contributed by atoms with E-state index in [9.17, 15) is 14.3 Å². The van der Waals surface area contributed by atoms with Gasteiger partial charge in [-0.3, -0.25) is 4.79 Å². The predicted molar refractivity (Wildman–Crippen MR) is 58.1 cm³/mol. The third-order valence-electron chi connectivity index (χ3n) is 1.47. The van der Waals surface area contributed by atoms with Crippen molar-refractivity contribution in [3.05, 3.63) is 17.9 Å². The van der Waals surface area contributed by atoms with Crippen molar-refractivity contribution in [2.75, 3.05) is 11.1 Å². The number of nitrogen functional groups attached to an aromatic ring is 1. The van der Waals surface area contributed by atoms with Crippen molar-refractivity contribution < 1.29 is 14.3 Å². The maximum absolute atomic E-state index is 12.7. The number of aromatic hydroxyl groups is 1. The first-order chi connectivity index (χ1) is 7.02. The van der Waals surface area contributed by atoms with Gasteiger partial charge in [0.25, 0.3) is 0 Å². The molecule has 1 rings (SSSR count). The molecular formula is C10H15FN2O2. The van der Waals surface area contributed by atoms with Crippen LogP contribution in [0.5, 0.6) is 5.75 Å². The molecular weight excluding hydrogens is 199 g/mol. The summed E-state index contributed by atoms with van der Waals surface area (Å²) in [6.45, 7) is 5.28. The number of nitrogens with two attached hydrogens (primary N) is 1. The van der Waals surface area contributed by atoms with Crippen LogP contribution >= 0.6 is 0 Å². The SMILES string of the molecule is CC.CC(=O)Nc1ccc(F)c(N)c1O. The van der Waals surface area contributed by atoms with E-state index in [0.29, 0.717) is 0 Å². The number of hydrogen-bond donors (Lipinski definition) is 3. The van der Waals surface area contributed by atoms with Gasteiger partial charge >= 0.3 is 0 Å². The van der Waals surface area contributed by atoms with Gasteiger partial charge in [-0.2, -0.15) is 0 Å². The number of phenols is 1. The van der Waals surface area contributed by atoms with Crippen molar-refractivity contribution >= 4 is 17.3 Å². The molecule has 0 aromatic heterocycles. The first-order valence-corrected chi connectivity index (χ1v) is 4.57. The van der Waals surface area contributed by atoms with Crippen LogP contribution < -0.4 is 11.1 Å². The van der Waals surface area contributed by atoms with E-state index in [1.807, 2.05) is 13.8 Å². The molecule has 0 unspecified atom stereocenters. The van der Waals surface area contributed by atoms with Gasteiger partial charge in [-0.1, -0.05) is 13.8 Å². The Morgan fingerprint density at radius 2 is 2.00 bits per heavy atom. The highest BCUT2D eigenvalue weighted by Crippen LogP contribution is 2.31. The van der Waals surface area contributed by atoms with Gasteiger partial charge in [-0.15, -0.1) is 0 Å². The predicted octanol–water partition coefficient (Wildman–Crippen LogP) is 2.10. The minimum absolute atomic E-state index is 0.103. The fourth-order valence-electron chi connectivity index (χ4n) is 0.874. The second-order valence-corrected chi connectivity index (χ2v) is 2.54. The second kappa shape index (κ2) is 5.85. The van der Waals surface area contributed by atoms with Crippen LogP contribution in [-0.4, -0.2) is 11.0 Å². The average Bonchev–Trinajstić information content (AvgIpc) is 2.22. The summed E-state index contributed by atoms with van der Waals surface area (Å²) in [5.41, 5.74) is 4.92. The summed E-state index contributed by atoms with van der Waals surface area (Å²) in [7, 11) is 0. The van der Waals surface area contributed by atoms with Gasteiger partial charge in [0.15, 0.2) is 5.75 Å². The highest BCUT2D eigenvalue weighted by Gasteiger charge is 2.09. The molecule has 0 heterocycles. The van der Waals surface area contributed by atoms with Crippen molar-refractivity contribution in [2.24, 2.45) is 0 Å². The monoisotopic (exact) mass is 214 g/mol. The van der Waals surface area contributed by atoms with E-state index in [1.165, 1.54) is 13.0 Å². The first kappa shape index (κ1) is 13.2. The molecule has 0 radical (unpaired) electrons. The molecule has 0 saturated heterocycles. The van der Waals surface area contributed by atoms with E-state index in [-0.39, 0.29) is 17.3 Å². The van der Waals surface area contributed by atoms with E-state index in [1.54, 1.807) is 0 Å². The lowest BCUT2D eigenvalue weighted by Gasteiger charge is -2.07. The van der Waals surface area contributed by atoms with E-state index >= 15 is 0 Å². The van der Waals surface area contributed by atoms with E-state index in [4.69, 9.17) is 5.73 Å². The summed E-state index contributed by atoms with van der Waals surface area (Å²) < 4.78 is 12.7. The Labute approximate surface area is 87.9 Å². The molecule has 0 bridgehead atoms. The molecule has 84 valence electrons. The van der Waals surface area contributed by atoms with Gasteiger partial charge < -0.3 is 16.2 Å². The number of hydrogen-bond acceptors (Lipinski definition) is 3. The standard InChI is InChI=1S/C8H9FN2O2.C2H6/c1-4(12)11-6-3-2-5(9)7(10)8(6)13;1-2/h2-3,13H,10H2,1H3,(H,11,12);1-2H3. The summed E-state index contributed by atoms with van der Waals surface area (Å²) in [4.78, 5) is 10.6. The van der Waals surface area contributed by atoms with E-state index in [2.05, 4.69) is 5.32 Å². The van der Waals surface area contributed by atoms with Crippen molar-refractivity contribution in [3.63, 3.8) is 0 Å². The second-order valence-electron chi connectivity index (χ2n) is 2.54. The number of carbonyl (C=O) groups is 1. The van der Waals surface area contributed by atoms with Crippen LogP contribution in [0.15, 0.2) is 12.1 Å². The van der Waals surface area contributed by atoms with E-state index in [0.717, 1.165) is 6.07 Å². The third kappa shape index (κ3) is 3.46. The van der Waals surface area contributed by atoms with Crippen LogP contribution in [0.3, 0.4) is 0 Å². The lowest BCUT2D eigenvalue weighted by Crippen LogP contribution is -2.07. The largest absolute Gasteiger partial charge is 0.504 e. The fourth-order valence-corrected chi connectivity index (χ4v) is 0.874. The summed E-state index contributed by atoms with van der Waals surface area (Å²) in [6.07, 6.45) is 0. The molecule has 0 saturated carbocycles. The van der Waals surface area contributed by atoms with Gasteiger partial charge in [0.1, 0.15) is 11.5 Å². The topological polar surface area (TPSA) is 75.4 Å². The molecule has 4 nitrogen and oxygen atoms in total. The normalized spacial score (nSPS) is 8.80. The number of carbonyl (C=O) groups excluding carboxylic acids is 1. The number of phenolic OH excluding ortho intramolecular Hbond substituents is 1. The number of benzene rings is 1. The van der Waals surface area contributed by atoms with Crippen molar-refractivity contribution in [3.8, 4) is 5.75 Å². The summed E-state index contributed by atoms with van der Waals surface area (Å²) in [6, 6.07) is 2.31. The molecule has 0 aliphatic heterocycles. The molecule has 15 heavy (non-hydrogen) atoms. The van der Waals surface area contributed by atoms with Crippen LogP contribution in [0.4, 0.5) is 15.8 Å². The highest BCUT2D eigenvalue weighted by atomic mass is 19.1. The fraction of sp³-hybridized carbons (Fsp3) is 0.300. The molecule has 1 aromatic carbocycles. The maximum atomic E-state index is 12.7. The zero-order chi connectivity index (χ0) is 12.0. The number of nitrogens with one attached hydrogen (secondary N) is 1. The number of halogens is 1. The molecule has 5 heteroatoms. The lowest BCUT2D eigenvalue weighted by atomic mass is 10.2. The van der Waals surface area contributed by atoms with Gasteiger partial charge in [0.2, 0.25) is 5.91 Å². The first-order valence-electron chi connectivity index (χ1n) is 4.57. The third-order valence-corrected chi connectivity index (χ3v) is 1.47. The number of anilines is 2. The average molecular weight is 214 g/mol. The van der Waals surface area contributed by atoms with Crippen molar-refractivity contribution in [2.45, 2.75) is 20.8 Å². The van der Waals surface area contributed by atoms with Gasteiger partial charge in [0, 0.05) is 6.92 Å². The molecule has 0 spiro atoms. The Balaban J connectivity index is 0.000000921. The Bertz CT molecular complexity index is 354. The summed E-state index contributed by atoms with van der Waals surface area (Å²) >= 11 is 0. The van der Waals surface area contributed by atoms with Crippen LogP contribution in [-0.2, 0) is 4.79 Å². The molecule has 1 aromatic rings. The van der Waals surface area contributed by atoms with Crippen LogP contribution in [0.1, 0.15) is 20.8 Å². The molecule has 0 atom stereocenters. The van der Waals surface area contributed by atoms with Crippen molar-refractivity contribution in [1.29, 1.82) is 0 Å². The zero-order valence-corrected chi connectivity index (χ0v) is 8.97. The Kier molecular flexibility index (Phi) is 5.15. The quantitative estimate of drug-likeness (QED) is 0.495. The van der Waals surface area contributed by atoms with Crippen LogP contribution in [0.2, 0.25) is 0 Å². The molecule has 0 fully saturated rings. The minimum atomic E-state index is -0.716. The minimum Gasteiger partial charge on any atom is -0.504 e. The molecule has 0 aliphatic carbocycles. The van der Waals surface area contributed by atoms with Crippen LogP contribution in [0, 0.1) is 5.82 Å². The molecule has 4 N–H and O–H groups in total. The van der Waals surface area contributed by atoms with E-state index < -0.39 is 11.6 Å². The summed E-state index contributed by atoms with van der Waals surface area (Å²) in [5, 5.41) is 11.6. The summed E-state index contributed by atoms with van der Waals surface area (Å²) in [5.74, 6) is -1.52. The molecule has 0 aliphatic rings. The number of rotatable bonds is 1. The maximum Gasteiger partial charge on any atom is 0.221 e. The highest BCUT2D eigenvalue weighted by molar-refractivity contribution is 5.91. The lowest BCUT2D eigenvalue weighted by molar-refractivity contribution is -0.114. The Morgan fingerprint density at radius 1 is 1.47 bits per heavy atom.